The molecule has 0 saturated carbocycles. The van der Waals surface area contributed by atoms with Crippen LogP contribution in [0.3, 0.4) is 0 Å². The quantitative estimate of drug-likeness (QED) is 0.516. The molecule has 1 aliphatic heterocycles. The Hall–Kier alpha value is -2.84. The smallest absolute Gasteiger partial charge is 0.157 e. The fourth-order valence-corrected chi connectivity index (χ4v) is 3.05. The number of rotatable bonds is 2. The van der Waals surface area contributed by atoms with E-state index in [1.165, 1.54) is 41.9 Å². The van der Waals surface area contributed by atoms with Crippen molar-refractivity contribution in [1.29, 1.82) is 0 Å². The maximum atomic E-state index is 13.0. The van der Waals surface area contributed by atoms with Crippen molar-refractivity contribution in [3.05, 3.63) is 82.7 Å². The summed E-state index contributed by atoms with van der Waals surface area (Å²) in [4.78, 5) is 5.07. The van der Waals surface area contributed by atoms with Crippen LogP contribution in [0.15, 0.2) is 81.2 Å². The van der Waals surface area contributed by atoms with Gasteiger partial charge in [-0.1, -0.05) is 30.0 Å². The van der Waals surface area contributed by atoms with E-state index < -0.39 is 0 Å². The van der Waals surface area contributed by atoms with Crippen molar-refractivity contribution in [2.45, 2.75) is 18.7 Å². The van der Waals surface area contributed by atoms with Crippen molar-refractivity contribution in [3.8, 4) is 0 Å². The molecule has 2 aromatic rings. The number of hydrogen-bond donors (Lipinski definition) is 3. The molecule has 0 bridgehead atoms. The van der Waals surface area contributed by atoms with Gasteiger partial charge in [0, 0.05) is 17.5 Å². The van der Waals surface area contributed by atoms with Crippen LogP contribution in [-0.4, -0.2) is 12.9 Å². The van der Waals surface area contributed by atoms with E-state index in [9.17, 15) is 8.78 Å². The molecule has 28 heavy (non-hydrogen) atoms. The SMILES string of the molecule is C/C=C(\C)F.CN=C1N/C(=C(/N)Sc2ccc(F)cc2)N(N)c2ccccc21. The third-order valence-electron chi connectivity index (χ3n) is 3.79. The average Bonchev–Trinajstić information content (AvgIpc) is 2.70. The molecule has 5 nitrogen and oxygen atoms in total. The minimum atomic E-state index is -0.286. The van der Waals surface area contributed by atoms with Gasteiger partial charge in [0.15, 0.2) is 5.82 Å². The van der Waals surface area contributed by atoms with Crippen LogP contribution in [0.2, 0.25) is 0 Å². The van der Waals surface area contributed by atoms with Gasteiger partial charge in [-0.3, -0.25) is 10.0 Å². The van der Waals surface area contributed by atoms with Crippen LogP contribution in [0, 0.1) is 5.82 Å². The number of thioether (sulfide) groups is 1. The van der Waals surface area contributed by atoms with Gasteiger partial charge < -0.3 is 11.1 Å². The fraction of sp³-hybridized carbons (Fsp3) is 0.150. The summed E-state index contributed by atoms with van der Waals surface area (Å²) in [7, 11) is 1.70. The molecule has 0 aromatic heterocycles. The standard InChI is InChI=1S/C16H16FN5S.C4H7F/c1-20-15-12-4-2-3-5-13(12)22(19)16(21-15)14(18)23-11-8-6-10(17)7-9-11;1-3-4(2)5/h2-9H,18-19H2,1H3,(H,20,21);3H,1-2H3/b16-14+;4-3+. The number of amidine groups is 1. The van der Waals surface area contributed by atoms with E-state index in [4.69, 9.17) is 11.6 Å². The van der Waals surface area contributed by atoms with E-state index in [1.807, 2.05) is 24.3 Å². The summed E-state index contributed by atoms with van der Waals surface area (Å²) in [6.45, 7) is 3.08. The molecule has 0 amide bonds. The molecule has 3 rings (SSSR count). The molecule has 2 aromatic carbocycles. The first-order valence-corrected chi connectivity index (χ1v) is 9.28. The molecule has 8 heteroatoms. The van der Waals surface area contributed by atoms with Crippen molar-refractivity contribution < 1.29 is 8.78 Å². The number of anilines is 1. The number of nitrogens with one attached hydrogen (secondary N) is 1. The summed E-state index contributed by atoms with van der Waals surface area (Å²) in [5.74, 6) is 7.02. The molecule has 0 saturated heterocycles. The molecule has 1 aliphatic rings. The van der Waals surface area contributed by atoms with Crippen molar-refractivity contribution in [2.24, 2.45) is 16.6 Å². The summed E-state index contributed by atoms with van der Waals surface area (Å²) >= 11 is 1.30. The Labute approximate surface area is 167 Å². The van der Waals surface area contributed by atoms with Crippen molar-refractivity contribution in [2.75, 3.05) is 12.1 Å². The lowest BCUT2D eigenvalue weighted by atomic mass is 10.1. The predicted octanol–water partition coefficient (Wildman–Crippen LogP) is 4.24. The monoisotopic (exact) mass is 403 g/mol. The second-order valence-electron chi connectivity index (χ2n) is 5.73. The van der Waals surface area contributed by atoms with Crippen LogP contribution >= 0.6 is 11.8 Å². The largest absolute Gasteiger partial charge is 0.390 e. The number of halogens is 2. The van der Waals surface area contributed by atoms with Crippen LogP contribution in [-0.2, 0) is 0 Å². The Morgan fingerprint density at radius 2 is 1.79 bits per heavy atom. The van der Waals surface area contributed by atoms with Gasteiger partial charge in [-0.2, -0.15) is 0 Å². The molecule has 1 heterocycles. The molecule has 0 fully saturated rings. The number of nitrogens with zero attached hydrogens (tertiary/aromatic N) is 2. The molecule has 0 aliphatic carbocycles. The van der Waals surface area contributed by atoms with Crippen LogP contribution in [0.1, 0.15) is 19.4 Å². The van der Waals surface area contributed by atoms with Gasteiger partial charge >= 0.3 is 0 Å². The van der Waals surface area contributed by atoms with Crippen molar-refractivity contribution >= 4 is 23.3 Å². The summed E-state index contributed by atoms with van der Waals surface area (Å²) in [6.07, 6.45) is 1.42. The molecule has 5 N–H and O–H groups in total. The Kier molecular flexibility index (Phi) is 7.60. The first kappa shape index (κ1) is 21.5. The minimum absolute atomic E-state index is 0.120. The molecular weight excluding hydrogens is 380 g/mol. The van der Waals surface area contributed by atoms with E-state index in [2.05, 4.69) is 10.3 Å². The highest BCUT2D eigenvalue weighted by molar-refractivity contribution is 8.03. The van der Waals surface area contributed by atoms with Crippen molar-refractivity contribution in [3.63, 3.8) is 0 Å². The summed E-state index contributed by atoms with van der Waals surface area (Å²) < 4.78 is 24.3. The lowest BCUT2D eigenvalue weighted by Crippen LogP contribution is -2.46. The van der Waals surface area contributed by atoms with E-state index >= 15 is 0 Å². The number of aliphatic imine (C=N–C) groups is 1. The normalized spacial score (nSPS) is 16.7. The van der Waals surface area contributed by atoms with Gasteiger partial charge in [0.1, 0.15) is 16.7 Å². The summed E-state index contributed by atoms with van der Waals surface area (Å²) in [5, 5.41) is 5.11. The van der Waals surface area contributed by atoms with E-state index in [-0.39, 0.29) is 11.6 Å². The predicted molar refractivity (Wildman–Crippen MR) is 113 cm³/mol. The van der Waals surface area contributed by atoms with Gasteiger partial charge in [-0.25, -0.2) is 14.6 Å². The Morgan fingerprint density at radius 1 is 1.18 bits per heavy atom. The third kappa shape index (κ3) is 5.34. The zero-order valence-corrected chi connectivity index (χ0v) is 16.7. The maximum Gasteiger partial charge on any atom is 0.157 e. The summed E-state index contributed by atoms with van der Waals surface area (Å²) in [6, 6.07) is 13.8. The maximum absolute atomic E-state index is 13.0. The number of hydrogen-bond acceptors (Lipinski definition) is 5. The van der Waals surface area contributed by atoms with E-state index in [1.54, 1.807) is 26.1 Å². The number of nitrogens with two attached hydrogens (primary N) is 2. The van der Waals surface area contributed by atoms with Gasteiger partial charge in [-0.15, -0.1) is 0 Å². The molecule has 0 radical (unpaired) electrons. The lowest BCUT2D eigenvalue weighted by Gasteiger charge is -2.32. The molecular formula is C20H23F2N5S. The van der Waals surface area contributed by atoms with Gasteiger partial charge in [-0.05, 0) is 50.2 Å². The first-order chi connectivity index (χ1) is 13.4. The van der Waals surface area contributed by atoms with E-state index in [0.717, 1.165) is 16.1 Å². The number of allylic oxidation sites excluding steroid dienone is 2. The number of para-hydroxylation sites is 1. The van der Waals surface area contributed by atoms with Crippen molar-refractivity contribution in [1.82, 2.24) is 5.32 Å². The Balaban J connectivity index is 0.000000500. The van der Waals surface area contributed by atoms with E-state index in [0.29, 0.717) is 16.7 Å². The van der Waals surface area contributed by atoms with Gasteiger partial charge in [0.2, 0.25) is 0 Å². The second kappa shape index (κ2) is 9.91. The van der Waals surface area contributed by atoms with Crippen LogP contribution in [0.4, 0.5) is 14.5 Å². The number of hydrazine groups is 1. The number of benzene rings is 2. The number of fused-ring (bicyclic) bond motifs is 1. The highest BCUT2D eigenvalue weighted by Crippen LogP contribution is 2.31. The average molecular weight is 404 g/mol. The van der Waals surface area contributed by atoms with Crippen LogP contribution < -0.4 is 21.9 Å². The third-order valence-corrected chi connectivity index (χ3v) is 4.71. The zero-order valence-electron chi connectivity index (χ0n) is 15.9. The highest BCUT2D eigenvalue weighted by atomic mass is 32.2. The van der Waals surface area contributed by atoms with Crippen LogP contribution in [0.25, 0.3) is 0 Å². The second-order valence-corrected chi connectivity index (χ2v) is 6.84. The molecule has 0 spiro atoms. The molecule has 0 atom stereocenters. The first-order valence-electron chi connectivity index (χ1n) is 8.47. The zero-order chi connectivity index (χ0) is 20.7. The molecule has 148 valence electrons. The minimum Gasteiger partial charge on any atom is -0.390 e. The Morgan fingerprint density at radius 3 is 2.36 bits per heavy atom. The molecule has 0 unspecified atom stereocenters. The highest BCUT2D eigenvalue weighted by Gasteiger charge is 2.25. The fourth-order valence-electron chi connectivity index (χ4n) is 2.28. The van der Waals surface area contributed by atoms with Gasteiger partial charge in [0.05, 0.1) is 11.5 Å². The lowest BCUT2D eigenvalue weighted by molar-refractivity contribution is 0.626. The summed E-state index contributed by atoms with van der Waals surface area (Å²) in [5.41, 5.74) is 7.91. The topological polar surface area (TPSA) is 79.7 Å². The Bertz CT molecular complexity index is 903. The van der Waals surface area contributed by atoms with Gasteiger partial charge in [0.25, 0.3) is 0 Å². The van der Waals surface area contributed by atoms with Crippen LogP contribution in [0.5, 0.6) is 0 Å².